The first-order valence-electron chi connectivity index (χ1n) is 9.80. The molecule has 1 saturated carbocycles. The fourth-order valence-corrected chi connectivity index (χ4v) is 4.58. The fourth-order valence-electron chi connectivity index (χ4n) is 4.58. The molecule has 3 aromatic heterocycles. The first-order chi connectivity index (χ1) is 14.0. The second-order valence-corrected chi connectivity index (χ2v) is 8.11. The Labute approximate surface area is 167 Å². The van der Waals surface area contributed by atoms with Gasteiger partial charge in [-0.15, -0.1) is 0 Å². The van der Waals surface area contributed by atoms with Gasteiger partial charge >= 0.3 is 0 Å². The number of rotatable bonds is 3. The summed E-state index contributed by atoms with van der Waals surface area (Å²) in [5.74, 6) is -0.328. The number of nitriles is 1. The number of carbonyl (C=O) groups excluding carboxylic acids is 1. The maximum Gasteiger partial charge on any atom is 0.248 e. The molecule has 1 aliphatic heterocycles. The summed E-state index contributed by atoms with van der Waals surface area (Å²) in [6, 6.07) is 9.12. The van der Waals surface area contributed by atoms with Crippen LogP contribution in [0.2, 0.25) is 0 Å². The quantitative estimate of drug-likeness (QED) is 0.684. The molecule has 2 atom stereocenters. The Balaban J connectivity index is 1.60. The summed E-state index contributed by atoms with van der Waals surface area (Å²) in [5, 5.41) is 14.3. The number of anilines is 1. The summed E-state index contributed by atoms with van der Waals surface area (Å²) < 4.78 is 15.3. The summed E-state index contributed by atoms with van der Waals surface area (Å²) >= 11 is 0. The fraction of sp³-hybridized carbons (Fsp3) is 0.364. The Hall–Kier alpha value is -3.27. The third kappa shape index (κ3) is 2.48. The van der Waals surface area contributed by atoms with Crippen LogP contribution in [0.3, 0.4) is 0 Å². The van der Waals surface area contributed by atoms with Crippen LogP contribution in [0.25, 0.3) is 16.8 Å². The molecule has 1 saturated heterocycles. The third-order valence-electron chi connectivity index (χ3n) is 6.33. The van der Waals surface area contributed by atoms with Crippen molar-refractivity contribution < 1.29 is 9.18 Å². The average Bonchev–Trinajstić information content (AvgIpc) is 3.40. The number of pyridine rings is 1. The van der Waals surface area contributed by atoms with Crippen molar-refractivity contribution in [2.45, 2.75) is 26.7 Å². The molecule has 2 fully saturated rings. The minimum atomic E-state index is -0.925. The molecular weight excluding hydrogens is 369 g/mol. The highest BCUT2D eigenvalue weighted by molar-refractivity contribution is 6.05. The molecule has 6 nitrogen and oxygen atoms in total. The lowest BCUT2D eigenvalue weighted by Gasteiger charge is -2.23. The van der Waals surface area contributed by atoms with E-state index in [2.05, 4.69) is 16.2 Å². The summed E-state index contributed by atoms with van der Waals surface area (Å²) in [4.78, 5) is 19.4. The molecule has 2 aliphatic rings. The van der Waals surface area contributed by atoms with Crippen molar-refractivity contribution in [1.82, 2.24) is 14.6 Å². The molecule has 0 aromatic carbocycles. The molecule has 5 rings (SSSR count). The highest BCUT2D eigenvalue weighted by Crippen LogP contribution is 2.54. The van der Waals surface area contributed by atoms with Crippen LogP contribution in [0.15, 0.2) is 36.7 Å². The maximum absolute atomic E-state index is 13.6. The van der Waals surface area contributed by atoms with Gasteiger partial charge in [0.1, 0.15) is 11.2 Å². The molecule has 0 spiro atoms. The van der Waals surface area contributed by atoms with Crippen molar-refractivity contribution in [3.05, 3.63) is 48.2 Å². The van der Waals surface area contributed by atoms with Crippen LogP contribution < -0.4 is 4.90 Å². The SMILES string of the molecule is Cc1nc(-c2cc3c(N4C[C@@H](C)[C@@](C#N)(C5CC5)C4=O)ccnn3c2)ccc1F. The summed E-state index contributed by atoms with van der Waals surface area (Å²) in [6.45, 7) is 4.13. The number of hydrogen-bond donors (Lipinski definition) is 0. The van der Waals surface area contributed by atoms with Crippen LogP contribution >= 0.6 is 0 Å². The summed E-state index contributed by atoms with van der Waals surface area (Å²) in [7, 11) is 0. The van der Waals surface area contributed by atoms with E-state index >= 15 is 0 Å². The summed E-state index contributed by atoms with van der Waals surface area (Å²) in [6.07, 6.45) is 5.35. The van der Waals surface area contributed by atoms with Crippen LogP contribution in [0.1, 0.15) is 25.5 Å². The van der Waals surface area contributed by atoms with Crippen LogP contribution in [0.5, 0.6) is 0 Å². The monoisotopic (exact) mass is 389 g/mol. The largest absolute Gasteiger partial charge is 0.309 e. The lowest BCUT2D eigenvalue weighted by atomic mass is 9.75. The van der Waals surface area contributed by atoms with E-state index in [1.807, 2.05) is 25.3 Å². The van der Waals surface area contributed by atoms with Crippen LogP contribution in [-0.4, -0.2) is 27.0 Å². The van der Waals surface area contributed by atoms with E-state index < -0.39 is 5.41 Å². The van der Waals surface area contributed by atoms with Crippen molar-refractivity contribution in [1.29, 1.82) is 5.26 Å². The highest BCUT2D eigenvalue weighted by atomic mass is 19.1. The van der Waals surface area contributed by atoms with E-state index in [-0.39, 0.29) is 23.6 Å². The predicted molar refractivity (Wildman–Crippen MR) is 105 cm³/mol. The molecule has 146 valence electrons. The molecule has 29 heavy (non-hydrogen) atoms. The van der Waals surface area contributed by atoms with Crippen molar-refractivity contribution in [2.24, 2.45) is 17.3 Å². The Bertz CT molecular complexity index is 1190. The number of fused-ring (bicyclic) bond motifs is 1. The molecular formula is C22H20FN5O. The minimum absolute atomic E-state index is 0.0310. The molecule has 1 aliphatic carbocycles. The van der Waals surface area contributed by atoms with Gasteiger partial charge in [-0.25, -0.2) is 8.91 Å². The Morgan fingerprint density at radius 1 is 1.31 bits per heavy atom. The van der Waals surface area contributed by atoms with Gasteiger partial charge in [0.05, 0.1) is 28.7 Å². The third-order valence-corrected chi connectivity index (χ3v) is 6.33. The average molecular weight is 389 g/mol. The van der Waals surface area contributed by atoms with Gasteiger partial charge in [-0.3, -0.25) is 9.78 Å². The van der Waals surface area contributed by atoms with Gasteiger partial charge in [-0.2, -0.15) is 10.4 Å². The summed E-state index contributed by atoms with van der Waals surface area (Å²) in [5.41, 5.74) is 2.34. The maximum atomic E-state index is 13.6. The van der Waals surface area contributed by atoms with Gasteiger partial charge in [-0.1, -0.05) is 6.92 Å². The van der Waals surface area contributed by atoms with E-state index in [9.17, 15) is 14.4 Å². The number of nitrogens with zero attached hydrogens (tertiary/aromatic N) is 5. The number of aromatic nitrogens is 3. The predicted octanol–water partition coefficient (Wildman–Crippen LogP) is 3.75. The van der Waals surface area contributed by atoms with Gasteiger partial charge in [-0.05, 0) is 49.9 Å². The molecule has 4 heterocycles. The Morgan fingerprint density at radius 2 is 2.10 bits per heavy atom. The molecule has 7 heteroatoms. The van der Waals surface area contributed by atoms with Crippen molar-refractivity contribution in [3.63, 3.8) is 0 Å². The molecule has 0 unspecified atom stereocenters. The number of carbonyl (C=O) groups is 1. The Kier molecular flexibility index (Phi) is 3.75. The number of amides is 1. The first-order valence-corrected chi connectivity index (χ1v) is 9.80. The number of aryl methyl sites for hydroxylation is 1. The van der Waals surface area contributed by atoms with Gasteiger partial charge in [0.25, 0.3) is 0 Å². The van der Waals surface area contributed by atoms with E-state index in [0.29, 0.717) is 17.9 Å². The second-order valence-electron chi connectivity index (χ2n) is 8.11. The van der Waals surface area contributed by atoms with E-state index in [1.165, 1.54) is 6.07 Å². The van der Waals surface area contributed by atoms with Crippen molar-refractivity contribution in [2.75, 3.05) is 11.4 Å². The first kappa shape index (κ1) is 17.8. The Morgan fingerprint density at radius 3 is 2.79 bits per heavy atom. The molecule has 0 N–H and O–H groups in total. The highest BCUT2D eigenvalue weighted by Gasteiger charge is 2.61. The van der Waals surface area contributed by atoms with E-state index in [1.54, 1.807) is 28.6 Å². The number of halogens is 1. The van der Waals surface area contributed by atoms with E-state index in [0.717, 1.165) is 29.6 Å². The standard InChI is InChI=1S/C22H20FN5O/c1-13-10-27(21(29)22(13,12-24)16-3-4-16)19-7-8-25-28-11-15(9-20(19)28)18-6-5-17(23)14(2)26-18/h5-9,11,13,16H,3-4,10H2,1-2H3/t13-,22+/m1/s1. The molecule has 0 bridgehead atoms. The lowest BCUT2D eigenvalue weighted by molar-refractivity contribution is -0.124. The van der Waals surface area contributed by atoms with Crippen LogP contribution in [0.4, 0.5) is 10.1 Å². The normalized spacial score (nSPS) is 24.3. The van der Waals surface area contributed by atoms with Gasteiger partial charge in [0.2, 0.25) is 5.91 Å². The second kappa shape index (κ2) is 6.11. The van der Waals surface area contributed by atoms with Gasteiger partial charge in [0, 0.05) is 30.4 Å². The zero-order chi connectivity index (χ0) is 20.3. The van der Waals surface area contributed by atoms with Gasteiger partial charge in [0.15, 0.2) is 0 Å². The topological polar surface area (TPSA) is 74.3 Å². The van der Waals surface area contributed by atoms with Crippen molar-refractivity contribution in [3.8, 4) is 17.3 Å². The number of hydrogen-bond acceptors (Lipinski definition) is 4. The molecule has 1 amide bonds. The van der Waals surface area contributed by atoms with Crippen LogP contribution in [-0.2, 0) is 4.79 Å². The van der Waals surface area contributed by atoms with Gasteiger partial charge < -0.3 is 4.90 Å². The minimum Gasteiger partial charge on any atom is -0.309 e. The molecule has 3 aromatic rings. The smallest absolute Gasteiger partial charge is 0.248 e. The van der Waals surface area contributed by atoms with Crippen molar-refractivity contribution >= 4 is 17.1 Å². The molecule has 0 radical (unpaired) electrons. The zero-order valence-corrected chi connectivity index (χ0v) is 16.3. The lowest BCUT2D eigenvalue weighted by Crippen LogP contribution is -2.37. The van der Waals surface area contributed by atoms with E-state index in [4.69, 9.17) is 0 Å². The van der Waals surface area contributed by atoms with Crippen LogP contribution in [0, 0.1) is 41.3 Å². The zero-order valence-electron chi connectivity index (χ0n) is 16.3.